The number of anilines is 1. The van der Waals surface area contributed by atoms with E-state index in [1.165, 1.54) is 6.20 Å². The molecule has 2 aromatic carbocycles. The molecule has 0 atom stereocenters. The number of para-hydroxylation sites is 2. The van der Waals surface area contributed by atoms with Crippen LogP contribution in [-0.4, -0.2) is 21.0 Å². The number of nitrogens with one attached hydrogen (secondary N) is 1. The molecule has 0 saturated heterocycles. The third kappa shape index (κ3) is 3.20. The Labute approximate surface area is 140 Å². The quantitative estimate of drug-likeness (QED) is 0.702. The summed E-state index contributed by atoms with van der Waals surface area (Å²) in [7, 11) is 0. The Hall–Kier alpha value is -2.95. The maximum absolute atomic E-state index is 12.4. The summed E-state index contributed by atoms with van der Waals surface area (Å²) in [5, 5.41) is 12.7. The van der Waals surface area contributed by atoms with Crippen molar-refractivity contribution in [3.8, 4) is 5.75 Å². The van der Waals surface area contributed by atoms with Crippen molar-refractivity contribution in [3.63, 3.8) is 0 Å². The highest BCUT2D eigenvalue weighted by atomic mass is 16.3. The highest BCUT2D eigenvalue weighted by molar-refractivity contribution is 6.04. The molecular weight excluding hydrogens is 302 g/mol. The fraction of sp³-hybridized carbons (Fsp3) is 0.211. The van der Waals surface area contributed by atoms with Gasteiger partial charge in [-0.15, -0.1) is 0 Å². The van der Waals surface area contributed by atoms with Gasteiger partial charge in [0.05, 0.1) is 22.9 Å². The van der Waals surface area contributed by atoms with E-state index in [1.807, 2.05) is 24.3 Å². The minimum Gasteiger partial charge on any atom is -0.506 e. The highest BCUT2D eigenvalue weighted by Gasteiger charge is 2.17. The molecule has 0 unspecified atom stereocenters. The molecule has 0 radical (unpaired) electrons. The van der Waals surface area contributed by atoms with Crippen LogP contribution in [-0.2, 0) is 5.41 Å². The molecule has 5 nitrogen and oxygen atoms in total. The van der Waals surface area contributed by atoms with E-state index in [1.54, 1.807) is 18.2 Å². The average Bonchev–Trinajstić information content (AvgIpc) is 2.55. The van der Waals surface area contributed by atoms with E-state index in [9.17, 15) is 9.90 Å². The van der Waals surface area contributed by atoms with Crippen LogP contribution in [0.3, 0.4) is 0 Å². The minimum atomic E-state index is -0.408. The standard InChI is InChI=1S/C19H19N3O2/c1-19(2,3)12-8-9-17(23)15(10-12)22-18(24)16-11-20-13-6-4-5-7-14(13)21-16/h4-11,23H,1-3H3,(H,22,24). The van der Waals surface area contributed by atoms with Crippen LogP contribution in [0.15, 0.2) is 48.7 Å². The number of aromatic hydroxyl groups is 1. The largest absolute Gasteiger partial charge is 0.506 e. The van der Waals surface area contributed by atoms with Gasteiger partial charge in [0.25, 0.3) is 5.91 Å². The predicted molar refractivity (Wildman–Crippen MR) is 94.3 cm³/mol. The van der Waals surface area contributed by atoms with Crippen molar-refractivity contribution in [2.24, 2.45) is 0 Å². The van der Waals surface area contributed by atoms with Crippen molar-refractivity contribution < 1.29 is 9.90 Å². The molecule has 1 heterocycles. The van der Waals surface area contributed by atoms with Gasteiger partial charge in [-0.3, -0.25) is 9.78 Å². The molecule has 0 aliphatic rings. The maximum atomic E-state index is 12.4. The number of fused-ring (bicyclic) bond motifs is 1. The van der Waals surface area contributed by atoms with Gasteiger partial charge in [-0.25, -0.2) is 4.98 Å². The van der Waals surface area contributed by atoms with Crippen LogP contribution in [0.4, 0.5) is 5.69 Å². The number of carbonyl (C=O) groups is 1. The first-order chi connectivity index (χ1) is 11.3. The summed E-state index contributed by atoms with van der Waals surface area (Å²) in [6.45, 7) is 6.21. The molecule has 0 aliphatic heterocycles. The third-order valence-corrected chi connectivity index (χ3v) is 3.79. The fourth-order valence-electron chi connectivity index (χ4n) is 2.36. The first-order valence-corrected chi connectivity index (χ1v) is 7.71. The summed E-state index contributed by atoms with van der Waals surface area (Å²) in [5.74, 6) is -0.389. The van der Waals surface area contributed by atoms with Crippen LogP contribution >= 0.6 is 0 Å². The van der Waals surface area contributed by atoms with Crippen LogP contribution < -0.4 is 5.32 Å². The number of benzene rings is 2. The number of hydrogen-bond acceptors (Lipinski definition) is 4. The molecule has 2 N–H and O–H groups in total. The molecule has 0 spiro atoms. The second-order valence-electron chi connectivity index (χ2n) is 6.68. The second kappa shape index (κ2) is 5.92. The Bertz CT molecular complexity index is 914. The lowest BCUT2D eigenvalue weighted by molar-refractivity contribution is 0.102. The summed E-state index contributed by atoms with van der Waals surface area (Å²) < 4.78 is 0. The first-order valence-electron chi connectivity index (χ1n) is 7.71. The van der Waals surface area contributed by atoms with Crippen molar-refractivity contribution in [3.05, 3.63) is 59.9 Å². The Balaban J connectivity index is 1.91. The van der Waals surface area contributed by atoms with Crippen LogP contribution in [0.5, 0.6) is 5.75 Å². The van der Waals surface area contributed by atoms with Crippen LogP contribution in [0.25, 0.3) is 11.0 Å². The molecule has 0 fully saturated rings. The van der Waals surface area contributed by atoms with Gasteiger partial charge in [0.2, 0.25) is 0 Å². The number of aromatic nitrogens is 2. The lowest BCUT2D eigenvalue weighted by Crippen LogP contribution is -2.16. The molecule has 3 rings (SSSR count). The predicted octanol–water partition coefficient (Wildman–Crippen LogP) is 3.89. The van der Waals surface area contributed by atoms with Gasteiger partial charge < -0.3 is 10.4 Å². The Morgan fingerprint density at radius 2 is 1.79 bits per heavy atom. The number of carbonyl (C=O) groups excluding carboxylic acids is 1. The van der Waals surface area contributed by atoms with E-state index in [0.717, 1.165) is 11.1 Å². The van der Waals surface area contributed by atoms with Crippen molar-refractivity contribution in [1.82, 2.24) is 9.97 Å². The van der Waals surface area contributed by atoms with E-state index in [4.69, 9.17) is 0 Å². The number of phenols is 1. The molecule has 5 heteroatoms. The SMILES string of the molecule is CC(C)(C)c1ccc(O)c(NC(=O)c2cnc3ccccc3n2)c1. The van der Waals surface area contributed by atoms with E-state index in [0.29, 0.717) is 11.2 Å². The monoisotopic (exact) mass is 321 g/mol. The zero-order chi connectivity index (χ0) is 17.3. The summed E-state index contributed by atoms with van der Waals surface area (Å²) in [5.41, 5.74) is 2.87. The Morgan fingerprint density at radius 3 is 2.50 bits per heavy atom. The molecule has 3 aromatic rings. The van der Waals surface area contributed by atoms with Crippen molar-refractivity contribution in [2.75, 3.05) is 5.32 Å². The van der Waals surface area contributed by atoms with Crippen molar-refractivity contribution in [2.45, 2.75) is 26.2 Å². The van der Waals surface area contributed by atoms with Gasteiger partial charge >= 0.3 is 0 Å². The number of phenolic OH excluding ortho intramolecular Hbond substituents is 1. The smallest absolute Gasteiger partial charge is 0.275 e. The molecule has 0 aliphatic carbocycles. The van der Waals surface area contributed by atoms with Crippen LogP contribution in [0, 0.1) is 0 Å². The fourth-order valence-corrected chi connectivity index (χ4v) is 2.36. The zero-order valence-electron chi connectivity index (χ0n) is 13.9. The Kier molecular flexibility index (Phi) is 3.93. The lowest BCUT2D eigenvalue weighted by atomic mass is 9.87. The number of hydrogen-bond donors (Lipinski definition) is 2. The van der Waals surface area contributed by atoms with E-state index in [-0.39, 0.29) is 16.9 Å². The molecular formula is C19H19N3O2. The molecule has 24 heavy (non-hydrogen) atoms. The summed E-state index contributed by atoms with van der Waals surface area (Å²) in [6.07, 6.45) is 1.43. The molecule has 1 aromatic heterocycles. The van der Waals surface area contributed by atoms with E-state index < -0.39 is 5.91 Å². The summed E-state index contributed by atoms with van der Waals surface area (Å²) >= 11 is 0. The minimum absolute atomic E-state index is 0.0186. The third-order valence-electron chi connectivity index (χ3n) is 3.79. The van der Waals surface area contributed by atoms with Gasteiger partial charge in [0, 0.05) is 0 Å². The maximum Gasteiger partial charge on any atom is 0.275 e. The van der Waals surface area contributed by atoms with Gasteiger partial charge in [-0.1, -0.05) is 39.0 Å². The molecule has 0 saturated carbocycles. The molecule has 1 amide bonds. The van der Waals surface area contributed by atoms with Gasteiger partial charge in [-0.2, -0.15) is 0 Å². The molecule has 0 bridgehead atoms. The van der Waals surface area contributed by atoms with Crippen molar-refractivity contribution >= 4 is 22.6 Å². The number of nitrogens with zero attached hydrogens (tertiary/aromatic N) is 2. The average molecular weight is 321 g/mol. The normalized spacial score (nSPS) is 11.5. The zero-order valence-corrected chi connectivity index (χ0v) is 13.9. The number of amides is 1. The van der Waals surface area contributed by atoms with E-state index in [2.05, 4.69) is 36.1 Å². The van der Waals surface area contributed by atoms with Crippen LogP contribution in [0.1, 0.15) is 36.8 Å². The summed E-state index contributed by atoms with van der Waals surface area (Å²) in [4.78, 5) is 21.0. The van der Waals surface area contributed by atoms with Gasteiger partial charge in [0.15, 0.2) is 0 Å². The van der Waals surface area contributed by atoms with E-state index >= 15 is 0 Å². The summed E-state index contributed by atoms with van der Waals surface area (Å²) in [6, 6.07) is 12.6. The van der Waals surface area contributed by atoms with Gasteiger partial charge in [-0.05, 0) is 35.2 Å². The first kappa shape index (κ1) is 15.9. The topological polar surface area (TPSA) is 75.1 Å². The highest BCUT2D eigenvalue weighted by Crippen LogP contribution is 2.30. The van der Waals surface area contributed by atoms with Gasteiger partial charge in [0.1, 0.15) is 11.4 Å². The Morgan fingerprint density at radius 1 is 1.08 bits per heavy atom. The molecule has 122 valence electrons. The number of rotatable bonds is 2. The lowest BCUT2D eigenvalue weighted by Gasteiger charge is -2.20. The van der Waals surface area contributed by atoms with Crippen LogP contribution in [0.2, 0.25) is 0 Å². The second-order valence-corrected chi connectivity index (χ2v) is 6.68. The van der Waals surface area contributed by atoms with Crippen molar-refractivity contribution in [1.29, 1.82) is 0 Å².